The van der Waals surface area contributed by atoms with Gasteiger partial charge in [-0.05, 0) is 49.7 Å². The Balaban J connectivity index is 0.00000400. The van der Waals surface area contributed by atoms with Gasteiger partial charge in [0.25, 0.3) is 0 Å². The van der Waals surface area contributed by atoms with Gasteiger partial charge in [0.1, 0.15) is 23.5 Å². The highest BCUT2D eigenvalue weighted by Crippen LogP contribution is 2.40. The van der Waals surface area contributed by atoms with E-state index in [4.69, 9.17) is 4.74 Å². The third kappa shape index (κ3) is 7.47. The molecule has 0 unspecified atom stereocenters. The Morgan fingerprint density at radius 1 is 1.04 bits per heavy atom. The zero-order valence-electron chi connectivity index (χ0n) is 24.3. The molecule has 1 saturated heterocycles. The van der Waals surface area contributed by atoms with E-state index in [1.807, 2.05) is 6.92 Å². The van der Waals surface area contributed by atoms with Gasteiger partial charge in [-0.3, -0.25) is 4.72 Å². The van der Waals surface area contributed by atoms with Crippen molar-refractivity contribution in [1.29, 1.82) is 0 Å². The molecule has 3 aromatic heterocycles. The molecule has 0 spiro atoms. The Bertz CT molecular complexity index is 1940. The van der Waals surface area contributed by atoms with Crippen molar-refractivity contribution in [2.75, 3.05) is 23.1 Å². The highest BCUT2D eigenvalue weighted by Gasteiger charge is 2.23. The quantitative estimate of drug-likeness (QED) is 0.168. The lowest BCUT2D eigenvalue weighted by atomic mass is 10.0. The SMILES string of the molecule is Cc1nc(CS(=O)(=O)Nc2c(F)ccc3c(Oc4ncccc4-c4ccnc(N[C@@H]5CNC[C@@H](F)C5)n4)c(C)ccc23)cs1.Cl. The van der Waals surface area contributed by atoms with Crippen molar-refractivity contribution in [2.24, 2.45) is 0 Å². The fraction of sp³-hybridized carbons (Fsp3) is 0.267. The number of nitrogens with one attached hydrogen (secondary N) is 3. The summed E-state index contributed by atoms with van der Waals surface area (Å²) in [7, 11) is -3.97. The van der Waals surface area contributed by atoms with E-state index < -0.39 is 22.0 Å². The number of nitrogens with zero attached hydrogens (tertiary/aromatic N) is 4. The van der Waals surface area contributed by atoms with Crippen LogP contribution in [0.3, 0.4) is 0 Å². The summed E-state index contributed by atoms with van der Waals surface area (Å²) in [5, 5.41) is 9.45. The van der Waals surface area contributed by atoms with Crippen LogP contribution < -0.4 is 20.1 Å². The standard InChI is InChI=1S/C30H29F2N7O3S2.ClH/c1-17-5-6-22-23(7-8-25(32)27(22)39-44(40,41)16-21-15-43-18(2)36-21)28(17)42-29-24(4-3-10-34-29)26-9-11-35-30(38-26)37-20-12-19(31)13-33-14-20;/h3-11,15,19-20,33,39H,12-14,16H2,1-2H3,(H,35,37,38);1H/t19-,20-;/m0./s1. The number of pyridine rings is 1. The fourth-order valence-electron chi connectivity index (χ4n) is 5.08. The van der Waals surface area contributed by atoms with E-state index in [0.717, 1.165) is 10.6 Å². The number of anilines is 2. The van der Waals surface area contributed by atoms with E-state index in [2.05, 4.69) is 35.3 Å². The minimum atomic E-state index is -3.97. The first-order chi connectivity index (χ1) is 21.1. The Morgan fingerprint density at radius 3 is 2.64 bits per heavy atom. The zero-order chi connectivity index (χ0) is 30.8. The van der Waals surface area contributed by atoms with E-state index in [9.17, 15) is 12.8 Å². The van der Waals surface area contributed by atoms with E-state index in [-0.39, 0.29) is 35.8 Å². The van der Waals surface area contributed by atoms with Gasteiger partial charge in [-0.2, -0.15) is 0 Å². The molecule has 236 valence electrons. The van der Waals surface area contributed by atoms with Crippen LogP contribution >= 0.6 is 23.7 Å². The first kappa shape index (κ1) is 32.4. The molecule has 0 radical (unpaired) electrons. The average molecular weight is 674 g/mol. The highest BCUT2D eigenvalue weighted by atomic mass is 35.5. The van der Waals surface area contributed by atoms with Crippen molar-refractivity contribution >= 4 is 56.2 Å². The molecular formula is C30H30ClF2N7O3S2. The lowest BCUT2D eigenvalue weighted by Gasteiger charge is -2.26. The lowest BCUT2D eigenvalue weighted by molar-refractivity contribution is 0.254. The largest absolute Gasteiger partial charge is 0.437 e. The summed E-state index contributed by atoms with van der Waals surface area (Å²) in [6.07, 6.45) is 2.58. The topological polar surface area (TPSA) is 131 Å². The molecule has 1 aliphatic rings. The molecule has 15 heteroatoms. The lowest BCUT2D eigenvalue weighted by Crippen LogP contribution is -2.44. The monoisotopic (exact) mass is 673 g/mol. The second-order valence-electron chi connectivity index (χ2n) is 10.5. The van der Waals surface area contributed by atoms with Gasteiger partial charge in [0.05, 0.1) is 27.6 Å². The van der Waals surface area contributed by atoms with E-state index in [0.29, 0.717) is 58.9 Å². The molecular weight excluding hydrogens is 644 g/mol. The van der Waals surface area contributed by atoms with Gasteiger partial charge in [-0.1, -0.05) is 12.1 Å². The Hall–Kier alpha value is -3.98. The number of thiazole rings is 1. The van der Waals surface area contributed by atoms with Crippen molar-refractivity contribution in [3.63, 3.8) is 0 Å². The maximum Gasteiger partial charge on any atom is 0.238 e. The molecule has 2 aromatic carbocycles. The van der Waals surface area contributed by atoms with Crippen molar-refractivity contribution < 1.29 is 21.9 Å². The van der Waals surface area contributed by atoms with Crippen LogP contribution in [0.1, 0.15) is 22.7 Å². The van der Waals surface area contributed by atoms with E-state index >= 15 is 4.39 Å². The van der Waals surface area contributed by atoms with Crippen LogP contribution in [0.15, 0.2) is 60.2 Å². The highest BCUT2D eigenvalue weighted by molar-refractivity contribution is 7.91. The summed E-state index contributed by atoms with van der Waals surface area (Å²) in [6, 6.07) is 11.2. The van der Waals surface area contributed by atoms with Gasteiger partial charge in [-0.15, -0.1) is 23.7 Å². The number of hydrogen-bond donors (Lipinski definition) is 3. The summed E-state index contributed by atoms with van der Waals surface area (Å²) in [6.45, 7) is 4.54. The van der Waals surface area contributed by atoms with Crippen molar-refractivity contribution in [1.82, 2.24) is 25.3 Å². The van der Waals surface area contributed by atoms with Gasteiger partial charge in [0.2, 0.25) is 21.9 Å². The normalized spacial score (nSPS) is 16.6. The van der Waals surface area contributed by atoms with Crippen LogP contribution in [0.25, 0.3) is 22.0 Å². The molecule has 0 saturated carbocycles. The summed E-state index contributed by atoms with van der Waals surface area (Å²) < 4.78 is 63.8. The van der Waals surface area contributed by atoms with E-state index in [1.54, 1.807) is 61.1 Å². The van der Waals surface area contributed by atoms with Gasteiger partial charge in [-0.25, -0.2) is 37.1 Å². The molecule has 4 heterocycles. The summed E-state index contributed by atoms with van der Waals surface area (Å²) in [4.78, 5) is 17.6. The molecule has 1 fully saturated rings. The molecule has 6 rings (SSSR count). The third-order valence-electron chi connectivity index (χ3n) is 7.09. The molecule has 0 amide bonds. The molecule has 2 atom stereocenters. The minimum absolute atomic E-state index is 0. The molecule has 0 bridgehead atoms. The molecule has 1 aliphatic heterocycles. The number of rotatable bonds is 9. The van der Waals surface area contributed by atoms with Crippen LogP contribution in [0.2, 0.25) is 0 Å². The first-order valence-electron chi connectivity index (χ1n) is 13.9. The Kier molecular flexibility index (Phi) is 9.77. The number of aromatic nitrogens is 4. The number of fused-ring (bicyclic) bond motifs is 1. The smallest absolute Gasteiger partial charge is 0.238 e. The van der Waals surface area contributed by atoms with Crippen LogP contribution in [-0.4, -0.2) is 53.7 Å². The van der Waals surface area contributed by atoms with Crippen molar-refractivity contribution in [3.05, 3.63) is 82.3 Å². The number of aryl methyl sites for hydroxylation is 2. The van der Waals surface area contributed by atoms with E-state index in [1.165, 1.54) is 17.4 Å². The minimum Gasteiger partial charge on any atom is -0.437 e. The molecule has 45 heavy (non-hydrogen) atoms. The van der Waals surface area contributed by atoms with Crippen LogP contribution in [0, 0.1) is 19.7 Å². The van der Waals surface area contributed by atoms with Crippen LogP contribution in [0.5, 0.6) is 11.6 Å². The predicted molar refractivity (Wildman–Crippen MR) is 174 cm³/mol. The second-order valence-corrected chi connectivity index (χ2v) is 13.3. The zero-order valence-corrected chi connectivity index (χ0v) is 26.7. The number of piperidine rings is 1. The maximum absolute atomic E-state index is 15.1. The molecule has 3 N–H and O–H groups in total. The molecule has 10 nitrogen and oxygen atoms in total. The first-order valence-corrected chi connectivity index (χ1v) is 16.4. The van der Waals surface area contributed by atoms with Gasteiger partial charge >= 0.3 is 0 Å². The number of alkyl halides is 1. The second kappa shape index (κ2) is 13.6. The summed E-state index contributed by atoms with van der Waals surface area (Å²) in [5.74, 6) is -0.146. The number of benzene rings is 2. The number of halogens is 3. The Labute approximate surface area is 269 Å². The number of hydrogen-bond acceptors (Lipinski definition) is 10. The van der Waals surface area contributed by atoms with Crippen molar-refractivity contribution in [3.8, 4) is 22.9 Å². The van der Waals surface area contributed by atoms with Gasteiger partial charge in [0, 0.05) is 54.1 Å². The van der Waals surface area contributed by atoms with Gasteiger partial charge in [0.15, 0.2) is 0 Å². The average Bonchev–Trinajstić information content (AvgIpc) is 3.39. The van der Waals surface area contributed by atoms with Crippen LogP contribution in [0.4, 0.5) is 20.4 Å². The van der Waals surface area contributed by atoms with Gasteiger partial charge < -0.3 is 15.4 Å². The van der Waals surface area contributed by atoms with Crippen molar-refractivity contribution in [2.45, 2.75) is 38.2 Å². The fourth-order valence-corrected chi connectivity index (χ4v) is 6.93. The summed E-state index contributed by atoms with van der Waals surface area (Å²) in [5.41, 5.74) is 2.03. The predicted octanol–water partition coefficient (Wildman–Crippen LogP) is 6.17. The number of ether oxygens (including phenoxy) is 1. The Morgan fingerprint density at radius 2 is 1.87 bits per heavy atom. The molecule has 5 aromatic rings. The number of sulfonamides is 1. The maximum atomic E-state index is 15.1. The van der Waals surface area contributed by atoms with Crippen LogP contribution in [-0.2, 0) is 15.8 Å². The third-order valence-corrected chi connectivity index (χ3v) is 9.10. The molecule has 0 aliphatic carbocycles. The summed E-state index contributed by atoms with van der Waals surface area (Å²) >= 11 is 1.34.